The van der Waals surface area contributed by atoms with Crippen LogP contribution in [0.25, 0.3) is 5.82 Å². The van der Waals surface area contributed by atoms with E-state index in [2.05, 4.69) is 15.1 Å². The lowest BCUT2D eigenvalue weighted by atomic mass is 10.3. The van der Waals surface area contributed by atoms with E-state index in [1.165, 1.54) is 23.4 Å². The minimum atomic E-state index is 0.357. The van der Waals surface area contributed by atoms with Gasteiger partial charge in [-0.05, 0) is 0 Å². The van der Waals surface area contributed by atoms with E-state index >= 15 is 0 Å². The van der Waals surface area contributed by atoms with Crippen LogP contribution in [-0.4, -0.2) is 19.7 Å². The van der Waals surface area contributed by atoms with Gasteiger partial charge in [-0.1, -0.05) is 0 Å². The van der Waals surface area contributed by atoms with Crippen LogP contribution in [0.2, 0.25) is 0 Å². The highest BCUT2D eigenvalue weighted by atomic mass is 15.3. The van der Waals surface area contributed by atoms with Crippen LogP contribution in [0.3, 0.4) is 0 Å². The molecule has 0 bridgehead atoms. The first-order valence-electron chi connectivity index (χ1n) is 3.82. The lowest BCUT2D eigenvalue weighted by Crippen LogP contribution is -2.01. The third-order valence-corrected chi connectivity index (χ3v) is 1.63. The number of anilines is 1. The Morgan fingerprint density at radius 1 is 1.43 bits per heavy atom. The summed E-state index contributed by atoms with van der Waals surface area (Å²) < 4.78 is 1.44. The standard InChI is InChI=1S/C8H6N6/c9-1-6-2-11-5-12-8(6)14-4-7(10)3-13-14/h2-5H,10H2. The number of aromatic nitrogens is 4. The highest BCUT2D eigenvalue weighted by Gasteiger charge is 2.06. The summed E-state index contributed by atoms with van der Waals surface area (Å²) in [6.07, 6.45) is 5.86. The molecule has 68 valence electrons. The maximum atomic E-state index is 8.78. The molecule has 0 aromatic carbocycles. The van der Waals surface area contributed by atoms with E-state index in [0.717, 1.165) is 0 Å². The molecule has 2 aromatic heterocycles. The Balaban J connectivity index is 2.57. The molecule has 2 N–H and O–H groups in total. The smallest absolute Gasteiger partial charge is 0.174 e. The van der Waals surface area contributed by atoms with E-state index in [9.17, 15) is 0 Å². The Bertz CT molecular complexity index is 495. The van der Waals surface area contributed by atoms with Crippen LogP contribution < -0.4 is 5.73 Å². The summed E-state index contributed by atoms with van der Waals surface area (Å²) in [5, 5.41) is 12.7. The fraction of sp³-hybridized carbons (Fsp3) is 0. The second-order valence-electron chi connectivity index (χ2n) is 2.59. The lowest BCUT2D eigenvalue weighted by Gasteiger charge is -1.99. The van der Waals surface area contributed by atoms with E-state index < -0.39 is 0 Å². The van der Waals surface area contributed by atoms with Gasteiger partial charge in [0.25, 0.3) is 0 Å². The third kappa shape index (κ3) is 1.27. The Kier molecular flexibility index (Phi) is 1.84. The Morgan fingerprint density at radius 3 is 2.93 bits per heavy atom. The van der Waals surface area contributed by atoms with Gasteiger partial charge in [-0.3, -0.25) is 0 Å². The zero-order chi connectivity index (χ0) is 9.97. The first kappa shape index (κ1) is 8.19. The molecule has 0 aliphatic carbocycles. The number of nitrogens with two attached hydrogens (primary N) is 1. The molecule has 6 heteroatoms. The minimum Gasteiger partial charge on any atom is -0.396 e. The van der Waals surface area contributed by atoms with Gasteiger partial charge in [0.05, 0.1) is 24.3 Å². The molecule has 0 fully saturated rings. The Labute approximate surface area is 79.6 Å². The van der Waals surface area contributed by atoms with Crippen molar-refractivity contribution in [2.24, 2.45) is 0 Å². The van der Waals surface area contributed by atoms with Gasteiger partial charge in [-0.15, -0.1) is 0 Å². The second kappa shape index (κ2) is 3.14. The summed E-state index contributed by atoms with van der Waals surface area (Å²) in [5.74, 6) is 0.430. The Morgan fingerprint density at radius 2 is 2.29 bits per heavy atom. The molecule has 0 saturated heterocycles. The van der Waals surface area contributed by atoms with Gasteiger partial charge in [0.1, 0.15) is 18.0 Å². The minimum absolute atomic E-state index is 0.357. The highest BCUT2D eigenvalue weighted by molar-refractivity contribution is 5.43. The number of hydrogen-bond acceptors (Lipinski definition) is 5. The first-order valence-corrected chi connectivity index (χ1v) is 3.82. The van der Waals surface area contributed by atoms with Crippen LogP contribution in [0.15, 0.2) is 24.9 Å². The normalized spacial score (nSPS) is 9.64. The van der Waals surface area contributed by atoms with Crippen molar-refractivity contribution >= 4 is 5.69 Å². The van der Waals surface area contributed by atoms with Gasteiger partial charge in [-0.25, -0.2) is 14.6 Å². The van der Waals surface area contributed by atoms with E-state index in [4.69, 9.17) is 11.0 Å². The van der Waals surface area contributed by atoms with E-state index in [1.54, 1.807) is 6.20 Å². The summed E-state index contributed by atoms with van der Waals surface area (Å²) in [7, 11) is 0. The largest absolute Gasteiger partial charge is 0.396 e. The van der Waals surface area contributed by atoms with Crippen LogP contribution in [0.5, 0.6) is 0 Å². The van der Waals surface area contributed by atoms with Gasteiger partial charge >= 0.3 is 0 Å². The van der Waals surface area contributed by atoms with Gasteiger partial charge in [0.15, 0.2) is 5.82 Å². The predicted octanol–water partition coefficient (Wildman–Crippen LogP) is 0.116. The molecule has 2 heterocycles. The molecule has 2 aromatic rings. The van der Waals surface area contributed by atoms with Crippen molar-refractivity contribution in [3.8, 4) is 11.9 Å². The number of nitrogen functional groups attached to an aromatic ring is 1. The molecule has 0 aliphatic heterocycles. The van der Waals surface area contributed by atoms with Crippen molar-refractivity contribution in [3.63, 3.8) is 0 Å². The van der Waals surface area contributed by atoms with Crippen LogP contribution in [0, 0.1) is 11.3 Å². The van der Waals surface area contributed by atoms with Crippen LogP contribution >= 0.6 is 0 Å². The predicted molar refractivity (Wildman–Crippen MR) is 48.3 cm³/mol. The van der Waals surface area contributed by atoms with Crippen molar-refractivity contribution < 1.29 is 0 Å². The summed E-state index contributed by atoms with van der Waals surface area (Å²) >= 11 is 0. The van der Waals surface area contributed by atoms with Crippen LogP contribution in [0.1, 0.15) is 5.56 Å². The van der Waals surface area contributed by atoms with E-state index in [-0.39, 0.29) is 0 Å². The maximum absolute atomic E-state index is 8.78. The maximum Gasteiger partial charge on any atom is 0.174 e. The molecule has 2 rings (SSSR count). The third-order valence-electron chi connectivity index (χ3n) is 1.63. The summed E-state index contributed by atoms with van der Waals surface area (Å²) in [5.41, 5.74) is 6.38. The molecule has 0 atom stereocenters. The van der Waals surface area contributed by atoms with Crippen molar-refractivity contribution in [3.05, 3.63) is 30.5 Å². The van der Waals surface area contributed by atoms with Crippen molar-refractivity contribution in [1.82, 2.24) is 19.7 Å². The fourth-order valence-corrected chi connectivity index (χ4v) is 1.04. The van der Waals surface area contributed by atoms with Crippen LogP contribution in [-0.2, 0) is 0 Å². The van der Waals surface area contributed by atoms with E-state index in [1.807, 2.05) is 6.07 Å². The highest BCUT2D eigenvalue weighted by Crippen LogP contribution is 2.09. The van der Waals surface area contributed by atoms with Gasteiger partial charge < -0.3 is 5.73 Å². The van der Waals surface area contributed by atoms with Crippen molar-refractivity contribution in [2.45, 2.75) is 0 Å². The van der Waals surface area contributed by atoms with Gasteiger partial charge in [0, 0.05) is 0 Å². The lowest BCUT2D eigenvalue weighted by molar-refractivity contribution is 0.835. The molecule has 0 saturated carbocycles. The van der Waals surface area contributed by atoms with Gasteiger partial charge in [-0.2, -0.15) is 10.4 Å². The quantitative estimate of drug-likeness (QED) is 0.682. The van der Waals surface area contributed by atoms with Gasteiger partial charge in [0.2, 0.25) is 0 Å². The van der Waals surface area contributed by atoms with Crippen LogP contribution in [0.4, 0.5) is 5.69 Å². The fourth-order valence-electron chi connectivity index (χ4n) is 1.04. The van der Waals surface area contributed by atoms with Crippen molar-refractivity contribution in [1.29, 1.82) is 5.26 Å². The molecule has 0 unspecified atom stereocenters. The molecular weight excluding hydrogens is 180 g/mol. The summed E-state index contributed by atoms with van der Waals surface area (Å²) in [4.78, 5) is 7.69. The average Bonchev–Trinajstić information content (AvgIpc) is 2.65. The second-order valence-corrected chi connectivity index (χ2v) is 2.59. The number of rotatable bonds is 1. The summed E-state index contributed by atoms with van der Waals surface area (Å²) in [6, 6.07) is 1.98. The number of nitrogens with zero attached hydrogens (tertiary/aromatic N) is 5. The molecule has 14 heavy (non-hydrogen) atoms. The number of nitriles is 1. The summed E-state index contributed by atoms with van der Waals surface area (Å²) in [6.45, 7) is 0. The SMILES string of the molecule is N#Cc1cncnc1-n1cc(N)cn1. The molecule has 6 nitrogen and oxygen atoms in total. The number of hydrogen-bond donors (Lipinski definition) is 1. The molecule has 0 aliphatic rings. The molecule has 0 radical (unpaired) electrons. The topological polar surface area (TPSA) is 93.4 Å². The monoisotopic (exact) mass is 186 g/mol. The average molecular weight is 186 g/mol. The zero-order valence-corrected chi connectivity index (χ0v) is 7.12. The zero-order valence-electron chi connectivity index (χ0n) is 7.12. The molecular formula is C8H6N6. The molecule has 0 amide bonds. The van der Waals surface area contributed by atoms with E-state index in [0.29, 0.717) is 17.1 Å². The Hall–Kier alpha value is -2.42. The van der Waals surface area contributed by atoms with Crippen molar-refractivity contribution in [2.75, 3.05) is 5.73 Å². The molecule has 0 spiro atoms. The first-order chi connectivity index (χ1) is 6.81.